The van der Waals surface area contributed by atoms with E-state index in [1.54, 1.807) is 6.92 Å². The highest BCUT2D eigenvalue weighted by atomic mass is 16.1. The van der Waals surface area contributed by atoms with Crippen LogP contribution in [0.5, 0.6) is 0 Å². The van der Waals surface area contributed by atoms with Crippen molar-refractivity contribution in [2.45, 2.75) is 20.3 Å². The average molecular weight is 141 g/mol. The summed E-state index contributed by atoms with van der Waals surface area (Å²) in [6.45, 7) is 2.98. The minimum Gasteiger partial charge on any atom is -0.402 e. The van der Waals surface area contributed by atoms with Crippen LogP contribution in [0, 0.1) is 0 Å². The molecule has 0 heterocycles. The summed E-state index contributed by atoms with van der Waals surface area (Å²) >= 11 is 0. The number of hydrogen-bond acceptors (Lipinski definition) is 3. The SMILES string of the molecule is CC(=O)CC(=O)C=C(C)N. The molecule has 2 N–H and O–H groups in total. The number of rotatable bonds is 3. The monoisotopic (exact) mass is 141 g/mol. The molecule has 0 aliphatic heterocycles. The van der Waals surface area contributed by atoms with Crippen molar-refractivity contribution in [2.75, 3.05) is 0 Å². The molecule has 0 aromatic rings. The predicted molar refractivity (Wildman–Crippen MR) is 38.2 cm³/mol. The maximum absolute atomic E-state index is 10.7. The Labute approximate surface area is 59.9 Å². The predicted octanol–water partition coefficient (Wildman–Crippen LogP) is 0.397. The van der Waals surface area contributed by atoms with Crippen molar-refractivity contribution in [1.82, 2.24) is 0 Å². The molecule has 0 aromatic heterocycles. The van der Waals surface area contributed by atoms with Gasteiger partial charge in [0.25, 0.3) is 0 Å². The van der Waals surface area contributed by atoms with Gasteiger partial charge in [0, 0.05) is 5.70 Å². The Morgan fingerprint density at radius 1 is 1.40 bits per heavy atom. The molecule has 0 aliphatic rings. The third kappa shape index (κ3) is 5.03. The minimum atomic E-state index is -0.229. The summed E-state index contributed by atoms with van der Waals surface area (Å²) < 4.78 is 0. The summed E-state index contributed by atoms with van der Waals surface area (Å²) in [5, 5.41) is 0. The molecule has 10 heavy (non-hydrogen) atoms. The largest absolute Gasteiger partial charge is 0.402 e. The van der Waals surface area contributed by atoms with E-state index in [9.17, 15) is 9.59 Å². The zero-order chi connectivity index (χ0) is 8.15. The van der Waals surface area contributed by atoms with Gasteiger partial charge in [-0.3, -0.25) is 9.59 Å². The van der Waals surface area contributed by atoms with Crippen LogP contribution >= 0.6 is 0 Å². The summed E-state index contributed by atoms with van der Waals surface area (Å²) in [6.07, 6.45) is 1.22. The summed E-state index contributed by atoms with van der Waals surface area (Å²) in [5.41, 5.74) is 5.63. The molecule has 0 aliphatic carbocycles. The number of Topliss-reactive ketones (excluding diaryl/α,β-unsaturated/α-hetero) is 1. The lowest BCUT2D eigenvalue weighted by molar-refractivity contribution is -0.123. The Balaban J connectivity index is 3.88. The lowest BCUT2D eigenvalue weighted by Crippen LogP contribution is -2.03. The second-order valence-electron chi connectivity index (χ2n) is 2.23. The van der Waals surface area contributed by atoms with Crippen molar-refractivity contribution in [2.24, 2.45) is 5.73 Å². The van der Waals surface area contributed by atoms with E-state index in [-0.39, 0.29) is 18.0 Å². The van der Waals surface area contributed by atoms with Crippen molar-refractivity contribution in [3.63, 3.8) is 0 Å². The first kappa shape index (κ1) is 8.88. The third-order valence-electron chi connectivity index (χ3n) is 0.812. The molecule has 0 fully saturated rings. The molecule has 3 heteroatoms. The quantitative estimate of drug-likeness (QED) is 0.457. The molecule has 56 valence electrons. The van der Waals surface area contributed by atoms with Gasteiger partial charge in [-0.15, -0.1) is 0 Å². The van der Waals surface area contributed by atoms with Crippen LogP contribution in [0.15, 0.2) is 11.8 Å². The van der Waals surface area contributed by atoms with Crippen LogP contribution < -0.4 is 5.73 Å². The normalized spacial score (nSPS) is 11.2. The van der Waals surface area contributed by atoms with Crippen molar-refractivity contribution in [1.29, 1.82) is 0 Å². The molecular weight excluding hydrogens is 130 g/mol. The molecule has 3 nitrogen and oxygen atoms in total. The second-order valence-corrected chi connectivity index (χ2v) is 2.23. The number of hydrogen-bond donors (Lipinski definition) is 1. The molecule has 0 atom stereocenters. The van der Waals surface area contributed by atoms with Crippen LogP contribution in [-0.4, -0.2) is 11.6 Å². The Kier molecular flexibility index (Phi) is 3.39. The molecule has 0 bridgehead atoms. The van der Waals surface area contributed by atoms with Crippen molar-refractivity contribution in [3.05, 3.63) is 11.8 Å². The summed E-state index contributed by atoms with van der Waals surface area (Å²) in [5.74, 6) is -0.366. The van der Waals surface area contributed by atoms with E-state index in [2.05, 4.69) is 0 Å². The van der Waals surface area contributed by atoms with Gasteiger partial charge >= 0.3 is 0 Å². The molecular formula is C7H11NO2. The molecule has 0 aromatic carbocycles. The lowest BCUT2D eigenvalue weighted by atomic mass is 10.2. The second kappa shape index (κ2) is 3.82. The number of allylic oxidation sites excluding steroid dienone is 2. The molecule has 0 amide bonds. The first-order valence-electron chi connectivity index (χ1n) is 2.98. The Hall–Kier alpha value is -1.12. The number of carbonyl (C=O) groups excluding carboxylic acids is 2. The van der Waals surface area contributed by atoms with Crippen molar-refractivity contribution < 1.29 is 9.59 Å². The van der Waals surface area contributed by atoms with Crippen LogP contribution in [0.2, 0.25) is 0 Å². The topological polar surface area (TPSA) is 60.2 Å². The molecule has 0 saturated heterocycles. The highest BCUT2D eigenvalue weighted by molar-refractivity contribution is 6.03. The van der Waals surface area contributed by atoms with Gasteiger partial charge in [-0.05, 0) is 19.9 Å². The van der Waals surface area contributed by atoms with Crippen LogP contribution in [0.25, 0.3) is 0 Å². The maximum Gasteiger partial charge on any atom is 0.164 e. The summed E-state index contributed by atoms with van der Waals surface area (Å²) in [7, 11) is 0. The average Bonchev–Trinajstić information content (AvgIpc) is 1.58. The molecule has 0 radical (unpaired) electrons. The summed E-state index contributed by atoms with van der Waals surface area (Å²) in [4.78, 5) is 21.0. The van der Waals surface area contributed by atoms with Gasteiger partial charge in [-0.1, -0.05) is 0 Å². The molecule has 0 rings (SSSR count). The Morgan fingerprint density at radius 2 is 1.90 bits per heavy atom. The van der Waals surface area contributed by atoms with Crippen LogP contribution in [-0.2, 0) is 9.59 Å². The first-order valence-corrected chi connectivity index (χ1v) is 2.98. The van der Waals surface area contributed by atoms with E-state index < -0.39 is 0 Å². The van der Waals surface area contributed by atoms with Gasteiger partial charge < -0.3 is 5.73 Å². The highest BCUT2D eigenvalue weighted by Crippen LogP contribution is 1.89. The Bertz CT molecular complexity index is 178. The number of nitrogens with two attached hydrogens (primary N) is 1. The number of ketones is 2. The van der Waals surface area contributed by atoms with E-state index in [4.69, 9.17) is 5.73 Å². The lowest BCUT2D eigenvalue weighted by Gasteiger charge is -1.89. The standard InChI is InChI=1S/C7H11NO2/c1-5(8)3-7(10)4-6(2)9/h3H,4,8H2,1-2H3. The highest BCUT2D eigenvalue weighted by Gasteiger charge is 2.00. The van der Waals surface area contributed by atoms with Gasteiger partial charge in [-0.2, -0.15) is 0 Å². The van der Waals surface area contributed by atoms with Gasteiger partial charge in [0.1, 0.15) is 5.78 Å². The maximum atomic E-state index is 10.7. The summed E-state index contributed by atoms with van der Waals surface area (Å²) in [6, 6.07) is 0. The smallest absolute Gasteiger partial charge is 0.164 e. The van der Waals surface area contributed by atoms with Crippen LogP contribution in [0.4, 0.5) is 0 Å². The molecule has 0 unspecified atom stereocenters. The molecule has 0 saturated carbocycles. The zero-order valence-electron chi connectivity index (χ0n) is 6.18. The van der Waals surface area contributed by atoms with Gasteiger partial charge in [0.2, 0.25) is 0 Å². The fraction of sp³-hybridized carbons (Fsp3) is 0.429. The third-order valence-corrected chi connectivity index (χ3v) is 0.812. The Morgan fingerprint density at radius 3 is 2.20 bits per heavy atom. The van der Waals surface area contributed by atoms with Gasteiger partial charge in [-0.25, -0.2) is 0 Å². The zero-order valence-corrected chi connectivity index (χ0v) is 6.18. The van der Waals surface area contributed by atoms with Crippen LogP contribution in [0.1, 0.15) is 20.3 Å². The van der Waals surface area contributed by atoms with E-state index >= 15 is 0 Å². The molecule has 0 spiro atoms. The van der Waals surface area contributed by atoms with Crippen molar-refractivity contribution in [3.8, 4) is 0 Å². The van der Waals surface area contributed by atoms with Crippen LogP contribution in [0.3, 0.4) is 0 Å². The van der Waals surface area contributed by atoms with E-state index in [0.29, 0.717) is 5.70 Å². The van der Waals surface area contributed by atoms with Crippen molar-refractivity contribution >= 4 is 11.6 Å². The van der Waals surface area contributed by atoms with Gasteiger partial charge in [0.15, 0.2) is 5.78 Å². The fourth-order valence-electron chi connectivity index (χ4n) is 0.550. The van der Waals surface area contributed by atoms with E-state index in [1.807, 2.05) is 0 Å². The minimum absolute atomic E-state index is 0.0471. The van der Waals surface area contributed by atoms with E-state index in [0.717, 1.165) is 0 Å². The van der Waals surface area contributed by atoms with E-state index in [1.165, 1.54) is 13.0 Å². The first-order chi connectivity index (χ1) is 4.52. The van der Waals surface area contributed by atoms with Gasteiger partial charge in [0.05, 0.1) is 6.42 Å². The number of carbonyl (C=O) groups is 2. The fourth-order valence-corrected chi connectivity index (χ4v) is 0.550.